The number of carboxylic acids is 1. The fraction of sp³-hybridized carbons (Fsp3) is 0.600. The van der Waals surface area contributed by atoms with Crippen molar-refractivity contribution in [1.29, 1.82) is 0 Å². The molecule has 5 heteroatoms. The maximum atomic E-state index is 11.4. The number of fused-ring (bicyclic) bond motifs is 1. The minimum atomic E-state index is -1.23. The zero-order chi connectivity index (χ0) is 10.7. The molecule has 1 atom stereocenters. The van der Waals surface area contributed by atoms with Gasteiger partial charge in [-0.3, -0.25) is 5.10 Å². The van der Waals surface area contributed by atoms with Crippen molar-refractivity contribution in [3.8, 4) is 0 Å². The van der Waals surface area contributed by atoms with Gasteiger partial charge in [0.05, 0.1) is 6.20 Å². The van der Waals surface area contributed by atoms with Crippen LogP contribution in [0.4, 0.5) is 0 Å². The number of carbonyl (C=O) groups is 1. The fourth-order valence-corrected chi connectivity index (χ4v) is 2.83. The summed E-state index contributed by atoms with van der Waals surface area (Å²) in [6.45, 7) is 0. The molecule has 4 N–H and O–H groups in total. The van der Waals surface area contributed by atoms with Crippen molar-refractivity contribution in [3.05, 3.63) is 17.5 Å². The molecule has 1 heterocycles. The first-order valence-electron chi connectivity index (χ1n) is 5.15. The summed E-state index contributed by atoms with van der Waals surface area (Å²) in [4.78, 5) is 11.4. The van der Waals surface area contributed by atoms with Crippen molar-refractivity contribution in [3.63, 3.8) is 0 Å². The Balaban J connectivity index is 2.21. The van der Waals surface area contributed by atoms with E-state index in [4.69, 9.17) is 5.73 Å². The molecule has 80 valence electrons. The minimum absolute atomic E-state index is 0.213. The van der Waals surface area contributed by atoms with Crippen molar-refractivity contribution in [2.45, 2.75) is 31.2 Å². The Hall–Kier alpha value is -1.36. The minimum Gasteiger partial charge on any atom is -0.480 e. The van der Waals surface area contributed by atoms with Crippen LogP contribution in [0.3, 0.4) is 0 Å². The molecule has 1 spiro atoms. The highest BCUT2D eigenvalue weighted by molar-refractivity contribution is 5.83. The number of hydrogen-bond acceptors (Lipinski definition) is 3. The van der Waals surface area contributed by atoms with Gasteiger partial charge in [-0.15, -0.1) is 0 Å². The Morgan fingerprint density at radius 3 is 2.87 bits per heavy atom. The van der Waals surface area contributed by atoms with Gasteiger partial charge in [-0.1, -0.05) is 0 Å². The predicted molar refractivity (Wildman–Crippen MR) is 52.1 cm³/mol. The quantitative estimate of drug-likeness (QED) is 0.620. The third kappa shape index (κ3) is 0.866. The Morgan fingerprint density at radius 1 is 1.53 bits per heavy atom. The number of nitrogens with one attached hydrogen (secondary N) is 1. The first-order chi connectivity index (χ1) is 7.10. The van der Waals surface area contributed by atoms with E-state index in [1.54, 1.807) is 6.20 Å². The lowest BCUT2D eigenvalue weighted by Crippen LogP contribution is -2.54. The molecule has 3 rings (SSSR count). The first kappa shape index (κ1) is 8.91. The maximum Gasteiger partial charge on any atom is 0.329 e. The van der Waals surface area contributed by atoms with Gasteiger partial charge >= 0.3 is 5.97 Å². The molecule has 2 aliphatic carbocycles. The molecule has 5 nitrogen and oxygen atoms in total. The zero-order valence-corrected chi connectivity index (χ0v) is 8.29. The van der Waals surface area contributed by atoms with Gasteiger partial charge in [0.15, 0.2) is 0 Å². The number of carboxylic acid groups (broad SMARTS) is 1. The van der Waals surface area contributed by atoms with E-state index in [1.807, 2.05) is 0 Å². The Labute approximate surface area is 86.7 Å². The molecule has 1 saturated carbocycles. The van der Waals surface area contributed by atoms with E-state index in [0.717, 1.165) is 31.4 Å². The van der Waals surface area contributed by atoms with Gasteiger partial charge in [0.25, 0.3) is 0 Å². The highest BCUT2D eigenvalue weighted by Crippen LogP contribution is 2.62. The number of nitrogens with zero attached hydrogens (tertiary/aromatic N) is 1. The monoisotopic (exact) mass is 207 g/mol. The lowest BCUT2D eigenvalue weighted by Gasteiger charge is -2.37. The van der Waals surface area contributed by atoms with E-state index in [-0.39, 0.29) is 5.41 Å². The second-order valence-electron chi connectivity index (χ2n) is 4.66. The summed E-state index contributed by atoms with van der Waals surface area (Å²) in [7, 11) is 0. The molecule has 1 fully saturated rings. The summed E-state index contributed by atoms with van der Waals surface area (Å²) in [6.07, 6.45) is 5.12. The third-order valence-corrected chi connectivity index (χ3v) is 4.02. The predicted octanol–water partition coefficient (Wildman–Crippen LogP) is 0.375. The van der Waals surface area contributed by atoms with Crippen molar-refractivity contribution in [1.82, 2.24) is 10.2 Å². The van der Waals surface area contributed by atoms with Gasteiger partial charge in [-0.2, -0.15) is 5.10 Å². The smallest absolute Gasteiger partial charge is 0.329 e. The van der Waals surface area contributed by atoms with Crippen molar-refractivity contribution < 1.29 is 9.90 Å². The molecular formula is C10H13N3O2. The number of nitrogens with two attached hydrogens (primary N) is 1. The van der Waals surface area contributed by atoms with Gasteiger partial charge < -0.3 is 10.8 Å². The largest absolute Gasteiger partial charge is 0.480 e. The highest BCUT2D eigenvalue weighted by atomic mass is 16.4. The molecule has 0 radical (unpaired) electrons. The average Bonchev–Trinajstić information content (AvgIpc) is 2.82. The van der Waals surface area contributed by atoms with E-state index in [0.29, 0.717) is 5.56 Å². The fourth-order valence-electron chi connectivity index (χ4n) is 2.83. The van der Waals surface area contributed by atoms with Crippen molar-refractivity contribution in [2.75, 3.05) is 0 Å². The summed E-state index contributed by atoms with van der Waals surface area (Å²) in [5.41, 5.74) is 6.26. The lowest BCUT2D eigenvalue weighted by molar-refractivity contribution is -0.147. The number of aromatic amines is 1. The van der Waals surface area contributed by atoms with Crippen LogP contribution < -0.4 is 5.73 Å². The van der Waals surface area contributed by atoms with E-state index >= 15 is 0 Å². The second-order valence-corrected chi connectivity index (χ2v) is 4.66. The molecule has 0 amide bonds. The van der Waals surface area contributed by atoms with Crippen LogP contribution in [0, 0.1) is 5.41 Å². The van der Waals surface area contributed by atoms with Gasteiger partial charge in [0.2, 0.25) is 0 Å². The molecule has 1 unspecified atom stereocenters. The Bertz CT molecular complexity index is 436. The summed E-state index contributed by atoms with van der Waals surface area (Å²) in [5, 5.41) is 16.1. The molecule has 1 aromatic rings. The summed E-state index contributed by atoms with van der Waals surface area (Å²) in [6, 6.07) is 0. The second kappa shape index (κ2) is 2.41. The maximum absolute atomic E-state index is 11.4. The van der Waals surface area contributed by atoms with Crippen LogP contribution >= 0.6 is 0 Å². The SMILES string of the molecule is NC1(C(=O)O)c2cn[nH]c2CCC12CC2. The van der Waals surface area contributed by atoms with Crippen LogP contribution in [0.5, 0.6) is 0 Å². The topological polar surface area (TPSA) is 92.0 Å². The standard InChI is InChI=1S/C10H13N3O2/c11-10(8(14)15)6-5-12-13-7(6)1-2-9(10)3-4-9/h5H,1-4,11H2,(H,12,13)(H,14,15). The molecule has 1 aromatic heterocycles. The van der Waals surface area contributed by atoms with Gasteiger partial charge in [0, 0.05) is 16.7 Å². The van der Waals surface area contributed by atoms with Crippen molar-refractivity contribution in [2.24, 2.45) is 11.1 Å². The molecule has 0 saturated heterocycles. The number of hydrogen-bond donors (Lipinski definition) is 3. The lowest BCUT2D eigenvalue weighted by atomic mass is 9.69. The zero-order valence-electron chi connectivity index (χ0n) is 8.29. The Kier molecular flexibility index (Phi) is 1.43. The van der Waals surface area contributed by atoms with E-state index in [1.165, 1.54) is 0 Å². The summed E-state index contributed by atoms with van der Waals surface area (Å²) < 4.78 is 0. The number of aromatic nitrogens is 2. The van der Waals surface area contributed by atoms with Crippen LogP contribution in [0.2, 0.25) is 0 Å². The first-order valence-corrected chi connectivity index (χ1v) is 5.15. The van der Waals surface area contributed by atoms with Gasteiger partial charge in [0.1, 0.15) is 5.54 Å². The summed E-state index contributed by atoms with van der Waals surface area (Å²) in [5.74, 6) is -0.928. The molecule has 0 aliphatic heterocycles. The van der Waals surface area contributed by atoms with Crippen LogP contribution in [-0.2, 0) is 16.8 Å². The Morgan fingerprint density at radius 2 is 2.27 bits per heavy atom. The van der Waals surface area contributed by atoms with E-state index in [9.17, 15) is 9.90 Å². The third-order valence-electron chi connectivity index (χ3n) is 4.02. The van der Waals surface area contributed by atoms with Crippen molar-refractivity contribution >= 4 is 5.97 Å². The molecular weight excluding hydrogens is 194 g/mol. The normalized spacial score (nSPS) is 31.3. The molecule has 0 aromatic carbocycles. The van der Waals surface area contributed by atoms with Gasteiger partial charge in [-0.05, 0) is 25.7 Å². The van der Waals surface area contributed by atoms with Crippen LogP contribution in [0.25, 0.3) is 0 Å². The van der Waals surface area contributed by atoms with Gasteiger partial charge in [-0.25, -0.2) is 4.79 Å². The number of H-pyrrole nitrogens is 1. The van der Waals surface area contributed by atoms with Crippen LogP contribution in [-0.4, -0.2) is 21.3 Å². The number of rotatable bonds is 1. The van der Waals surface area contributed by atoms with Crippen LogP contribution in [0.15, 0.2) is 6.20 Å². The van der Waals surface area contributed by atoms with E-state index < -0.39 is 11.5 Å². The molecule has 0 bridgehead atoms. The average molecular weight is 207 g/mol. The molecule has 2 aliphatic rings. The van der Waals surface area contributed by atoms with Crippen LogP contribution in [0.1, 0.15) is 30.5 Å². The number of aliphatic carboxylic acids is 1. The summed E-state index contributed by atoms with van der Waals surface area (Å²) >= 11 is 0. The molecule has 15 heavy (non-hydrogen) atoms. The number of aryl methyl sites for hydroxylation is 1. The highest BCUT2D eigenvalue weighted by Gasteiger charge is 2.64. The van der Waals surface area contributed by atoms with E-state index in [2.05, 4.69) is 10.2 Å².